The highest BCUT2D eigenvalue weighted by Crippen LogP contribution is 2.21. The summed E-state index contributed by atoms with van der Waals surface area (Å²) < 4.78 is 0. The van der Waals surface area contributed by atoms with E-state index in [1.807, 2.05) is 0 Å². The molecule has 3 N–H and O–H groups in total. The van der Waals surface area contributed by atoms with Crippen molar-refractivity contribution >= 4 is 5.69 Å². The Balaban J connectivity index is 2.04. The molecule has 1 aliphatic rings. The molecule has 0 spiro atoms. The van der Waals surface area contributed by atoms with E-state index < -0.39 is 0 Å². The third-order valence-corrected chi connectivity index (χ3v) is 3.75. The van der Waals surface area contributed by atoms with Crippen LogP contribution in [-0.2, 0) is 0 Å². The van der Waals surface area contributed by atoms with Crippen molar-refractivity contribution in [3.05, 3.63) is 41.7 Å². The van der Waals surface area contributed by atoms with Crippen LogP contribution >= 0.6 is 0 Å². The van der Waals surface area contributed by atoms with Gasteiger partial charge in [-0.15, -0.1) is 0 Å². The highest BCUT2D eigenvalue weighted by Gasteiger charge is 2.16. The van der Waals surface area contributed by atoms with Crippen molar-refractivity contribution in [3.63, 3.8) is 0 Å². The highest BCUT2D eigenvalue weighted by molar-refractivity contribution is 5.48. The van der Waals surface area contributed by atoms with E-state index >= 15 is 0 Å². The van der Waals surface area contributed by atoms with Gasteiger partial charge >= 0.3 is 0 Å². The average Bonchev–Trinajstić information content (AvgIpc) is 2.81. The van der Waals surface area contributed by atoms with Crippen molar-refractivity contribution < 1.29 is 0 Å². The highest BCUT2D eigenvalue weighted by atomic mass is 15.1. The second-order valence-corrected chi connectivity index (χ2v) is 5.55. The summed E-state index contributed by atoms with van der Waals surface area (Å²) in [5.41, 5.74) is 8.46. The SMILES string of the molecule is CCN(C[C@H]1C=C(N)NC1)c1ccc(C(C)C)cc1. The van der Waals surface area contributed by atoms with Gasteiger partial charge in [0, 0.05) is 31.2 Å². The third-order valence-electron chi connectivity index (χ3n) is 3.75. The van der Waals surface area contributed by atoms with Crippen molar-refractivity contribution in [2.45, 2.75) is 26.7 Å². The average molecular weight is 259 g/mol. The molecule has 0 unspecified atom stereocenters. The van der Waals surface area contributed by atoms with E-state index in [-0.39, 0.29) is 0 Å². The second kappa shape index (κ2) is 6.00. The van der Waals surface area contributed by atoms with Crippen molar-refractivity contribution in [1.82, 2.24) is 5.32 Å². The Morgan fingerprint density at radius 1 is 1.32 bits per heavy atom. The summed E-state index contributed by atoms with van der Waals surface area (Å²) in [4.78, 5) is 2.41. The third kappa shape index (κ3) is 3.43. The summed E-state index contributed by atoms with van der Waals surface area (Å²) >= 11 is 0. The Kier molecular flexibility index (Phi) is 4.35. The van der Waals surface area contributed by atoms with E-state index in [1.54, 1.807) is 0 Å². The molecule has 19 heavy (non-hydrogen) atoms. The van der Waals surface area contributed by atoms with Crippen molar-refractivity contribution in [3.8, 4) is 0 Å². The number of nitrogens with two attached hydrogens (primary N) is 1. The maximum atomic E-state index is 5.77. The number of rotatable bonds is 5. The van der Waals surface area contributed by atoms with Crippen LogP contribution in [0.4, 0.5) is 5.69 Å². The summed E-state index contributed by atoms with van der Waals surface area (Å²) in [5, 5.41) is 3.19. The van der Waals surface area contributed by atoms with Crippen LogP contribution < -0.4 is 16.0 Å². The van der Waals surface area contributed by atoms with Gasteiger partial charge in [0.1, 0.15) is 0 Å². The molecule has 0 aliphatic carbocycles. The molecule has 3 nitrogen and oxygen atoms in total. The fraction of sp³-hybridized carbons (Fsp3) is 0.500. The monoisotopic (exact) mass is 259 g/mol. The second-order valence-electron chi connectivity index (χ2n) is 5.55. The first kappa shape index (κ1) is 13.8. The molecular weight excluding hydrogens is 234 g/mol. The van der Waals surface area contributed by atoms with Gasteiger partial charge in [-0.25, -0.2) is 0 Å². The van der Waals surface area contributed by atoms with E-state index in [0.717, 1.165) is 25.5 Å². The molecule has 1 heterocycles. The van der Waals surface area contributed by atoms with Crippen molar-refractivity contribution in [1.29, 1.82) is 0 Å². The minimum atomic E-state index is 0.504. The first-order chi connectivity index (χ1) is 9.10. The Morgan fingerprint density at radius 3 is 2.47 bits per heavy atom. The zero-order chi connectivity index (χ0) is 13.8. The van der Waals surface area contributed by atoms with E-state index in [1.165, 1.54) is 11.3 Å². The summed E-state index contributed by atoms with van der Waals surface area (Å²) in [6, 6.07) is 8.93. The van der Waals surface area contributed by atoms with Crippen LogP contribution in [0.3, 0.4) is 0 Å². The zero-order valence-corrected chi connectivity index (χ0v) is 12.2. The molecule has 0 saturated carbocycles. The number of nitrogens with zero attached hydrogens (tertiary/aromatic N) is 1. The molecule has 1 aromatic rings. The first-order valence-electron chi connectivity index (χ1n) is 7.16. The fourth-order valence-corrected chi connectivity index (χ4v) is 2.51. The molecule has 1 aliphatic heterocycles. The summed E-state index contributed by atoms with van der Waals surface area (Å²) in [7, 11) is 0. The van der Waals surface area contributed by atoms with E-state index in [2.05, 4.69) is 61.3 Å². The van der Waals surface area contributed by atoms with Crippen LogP contribution in [0.25, 0.3) is 0 Å². The Labute approximate surface area is 116 Å². The summed E-state index contributed by atoms with van der Waals surface area (Å²) in [6.45, 7) is 9.64. The Hall–Kier alpha value is -1.64. The lowest BCUT2D eigenvalue weighted by molar-refractivity contribution is 0.623. The Morgan fingerprint density at radius 2 is 2.00 bits per heavy atom. The van der Waals surface area contributed by atoms with Gasteiger partial charge < -0.3 is 16.0 Å². The van der Waals surface area contributed by atoms with Crippen LogP contribution in [-0.4, -0.2) is 19.6 Å². The molecule has 1 atom stereocenters. The Bertz CT molecular complexity index is 434. The van der Waals surface area contributed by atoms with Crippen LogP contribution in [0, 0.1) is 5.92 Å². The summed E-state index contributed by atoms with van der Waals surface area (Å²) in [5.74, 6) is 1.91. The van der Waals surface area contributed by atoms with E-state index in [9.17, 15) is 0 Å². The number of hydrogen-bond donors (Lipinski definition) is 2. The van der Waals surface area contributed by atoms with Gasteiger partial charge in [-0.1, -0.05) is 26.0 Å². The molecule has 0 saturated heterocycles. The maximum Gasteiger partial charge on any atom is 0.0923 e. The number of anilines is 1. The van der Waals surface area contributed by atoms with Gasteiger partial charge in [-0.2, -0.15) is 0 Å². The lowest BCUT2D eigenvalue weighted by Crippen LogP contribution is -2.30. The summed E-state index contributed by atoms with van der Waals surface area (Å²) in [6.07, 6.45) is 2.13. The smallest absolute Gasteiger partial charge is 0.0923 e. The van der Waals surface area contributed by atoms with Gasteiger partial charge in [-0.3, -0.25) is 0 Å². The molecule has 0 aromatic heterocycles. The van der Waals surface area contributed by atoms with Gasteiger partial charge in [0.2, 0.25) is 0 Å². The van der Waals surface area contributed by atoms with Gasteiger partial charge in [0.15, 0.2) is 0 Å². The molecule has 0 radical (unpaired) electrons. The van der Waals surface area contributed by atoms with Crippen LogP contribution in [0.2, 0.25) is 0 Å². The first-order valence-corrected chi connectivity index (χ1v) is 7.16. The zero-order valence-electron chi connectivity index (χ0n) is 12.2. The molecular formula is C16H25N3. The number of nitrogens with one attached hydrogen (secondary N) is 1. The normalized spacial score (nSPS) is 18.3. The van der Waals surface area contributed by atoms with Gasteiger partial charge in [0.05, 0.1) is 5.82 Å². The fourth-order valence-electron chi connectivity index (χ4n) is 2.51. The lowest BCUT2D eigenvalue weighted by Gasteiger charge is -2.26. The molecule has 3 heteroatoms. The van der Waals surface area contributed by atoms with Crippen molar-refractivity contribution in [2.24, 2.45) is 11.7 Å². The van der Waals surface area contributed by atoms with Gasteiger partial charge in [-0.05, 0) is 36.6 Å². The number of benzene rings is 1. The quantitative estimate of drug-likeness (QED) is 0.854. The predicted molar refractivity (Wildman–Crippen MR) is 82.2 cm³/mol. The standard InChI is InChI=1S/C16H25N3/c1-4-19(11-13-9-16(17)18-10-13)15-7-5-14(6-8-15)12(2)3/h5-9,12-13,18H,4,10-11,17H2,1-3H3/t13-/m0/s1. The van der Waals surface area contributed by atoms with E-state index in [0.29, 0.717) is 11.8 Å². The number of hydrogen-bond acceptors (Lipinski definition) is 3. The molecule has 0 amide bonds. The topological polar surface area (TPSA) is 41.3 Å². The van der Waals surface area contributed by atoms with Crippen LogP contribution in [0.5, 0.6) is 0 Å². The van der Waals surface area contributed by atoms with Crippen LogP contribution in [0.1, 0.15) is 32.3 Å². The molecule has 1 aromatic carbocycles. The van der Waals surface area contributed by atoms with E-state index in [4.69, 9.17) is 5.73 Å². The molecule has 2 rings (SSSR count). The predicted octanol–water partition coefficient (Wildman–Crippen LogP) is 2.66. The molecule has 0 fully saturated rings. The maximum absolute atomic E-state index is 5.77. The lowest BCUT2D eigenvalue weighted by atomic mass is 10.0. The van der Waals surface area contributed by atoms with Gasteiger partial charge in [0.25, 0.3) is 0 Å². The molecule has 104 valence electrons. The minimum absolute atomic E-state index is 0.504. The largest absolute Gasteiger partial charge is 0.386 e. The van der Waals surface area contributed by atoms with Crippen LogP contribution in [0.15, 0.2) is 36.2 Å². The van der Waals surface area contributed by atoms with Crippen molar-refractivity contribution in [2.75, 3.05) is 24.5 Å². The molecule has 0 bridgehead atoms. The minimum Gasteiger partial charge on any atom is -0.386 e.